The minimum atomic E-state index is -1.81. The fourth-order valence-electron chi connectivity index (χ4n) is 3.26. The van der Waals surface area contributed by atoms with Crippen LogP contribution in [0.3, 0.4) is 0 Å². The van der Waals surface area contributed by atoms with E-state index in [-0.39, 0.29) is 0 Å². The Morgan fingerprint density at radius 2 is 1.32 bits per heavy atom. The van der Waals surface area contributed by atoms with Crippen LogP contribution in [0, 0.1) is 0 Å². The van der Waals surface area contributed by atoms with E-state index in [1.54, 1.807) is 0 Å². The van der Waals surface area contributed by atoms with Crippen LogP contribution in [0.4, 0.5) is 0 Å². The molecule has 3 rings (SSSR count). The lowest BCUT2D eigenvalue weighted by Gasteiger charge is -2.20. The van der Waals surface area contributed by atoms with Gasteiger partial charge in [-0.15, -0.1) is 0 Å². The second-order valence-corrected chi connectivity index (χ2v) is 6.26. The highest BCUT2D eigenvalue weighted by molar-refractivity contribution is 5.81. The summed E-state index contributed by atoms with van der Waals surface area (Å²) in [4.78, 5) is 0. The first-order chi connectivity index (χ1) is 12.2. The monoisotopic (exact) mass is 336 g/mol. The van der Waals surface area contributed by atoms with E-state index in [9.17, 15) is 10.2 Å². The predicted molar refractivity (Wildman–Crippen MR) is 99.4 cm³/mol. The average molecular weight is 336 g/mol. The molecule has 1 saturated carbocycles. The van der Waals surface area contributed by atoms with Crippen molar-refractivity contribution in [2.75, 3.05) is 0 Å². The SMILES string of the molecule is OC(O)OC(C=C(c1ccccc1)c1ccccc1)=C1CCCCC1. The van der Waals surface area contributed by atoms with Crippen LogP contribution >= 0.6 is 0 Å². The largest absolute Gasteiger partial charge is 0.442 e. The molecular weight excluding hydrogens is 312 g/mol. The maximum absolute atomic E-state index is 9.38. The van der Waals surface area contributed by atoms with Gasteiger partial charge >= 0.3 is 6.48 Å². The van der Waals surface area contributed by atoms with E-state index in [0.29, 0.717) is 5.76 Å². The zero-order valence-electron chi connectivity index (χ0n) is 14.3. The average Bonchev–Trinajstić information content (AvgIpc) is 2.67. The summed E-state index contributed by atoms with van der Waals surface area (Å²) in [7, 11) is 0. The van der Waals surface area contributed by atoms with E-state index >= 15 is 0 Å². The van der Waals surface area contributed by atoms with E-state index < -0.39 is 6.48 Å². The molecule has 1 fully saturated rings. The highest BCUT2D eigenvalue weighted by atomic mass is 16.7. The highest BCUT2D eigenvalue weighted by Crippen LogP contribution is 2.31. The Balaban J connectivity index is 2.09. The van der Waals surface area contributed by atoms with Gasteiger partial charge in [0.1, 0.15) is 5.76 Å². The molecule has 0 heterocycles. The molecule has 0 atom stereocenters. The Kier molecular flexibility index (Phi) is 6.04. The number of ether oxygens (including phenoxy) is 1. The van der Waals surface area contributed by atoms with Crippen molar-refractivity contribution in [3.8, 4) is 0 Å². The van der Waals surface area contributed by atoms with Crippen LogP contribution < -0.4 is 0 Å². The van der Waals surface area contributed by atoms with Crippen molar-refractivity contribution in [2.24, 2.45) is 0 Å². The fourth-order valence-corrected chi connectivity index (χ4v) is 3.26. The molecule has 0 spiro atoms. The van der Waals surface area contributed by atoms with Gasteiger partial charge in [-0.05, 0) is 54.0 Å². The minimum Gasteiger partial charge on any atom is -0.442 e. The van der Waals surface area contributed by atoms with Crippen LogP contribution in [0.25, 0.3) is 5.57 Å². The Labute approximate surface area is 148 Å². The molecule has 0 unspecified atom stereocenters. The first-order valence-corrected chi connectivity index (χ1v) is 8.81. The molecule has 0 bridgehead atoms. The molecule has 0 aliphatic heterocycles. The third-order valence-corrected chi connectivity index (χ3v) is 4.48. The van der Waals surface area contributed by atoms with Crippen LogP contribution in [0.5, 0.6) is 0 Å². The normalized spacial score (nSPS) is 14.3. The third-order valence-electron chi connectivity index (χ3n) is 4.48. The Morgan fingerprint density at radius 3 is 1.80 bits per heavy atom. The number of hydrogen-bond acceptors (Lipinski definition) is 3. The van der Waals surface area contributed by atoms with Gasteiger partial charge in [0.25, 0.3) is 0 Å². The molecule has 25 heavy (non-hydrogen) atoms. The van der Waals surface area contributed by atoms with Gasteiger partial charge in [-0.3, -0.25) is 0 Å². The second-order valence-electron chi connectivity index (χ2n) is 6.26. The number of benzene rings is 2. The van der Waals surface area contributed by atoms with Crippen molar-refractivity contribution < 1.29 is 14.9 Å². The molecule has 0 radical (unpaired) electrons. The van der Waals surface area contributed by atoms with Crippen molar-refractivity contribution >= 4 is 5.57 Å². The molecule has 130 valence electrons. The Bertz CT molecular complexity index is 681. The number of aliphatic hydroxyl groups excluding tert-OH is 1. The standard InChI is InChI=1S/C22H24O3/c23-22(24)25-21(19-14-8-3-9-15-19)16-20(17-10-4-1-5-11-17)18-12-6-2-7-13-18/h1-2,4-7,10-13,16,22-24H,3,8-9,14-15H2. The molecule has 0 saturated heterocycles. The molecule has 2 aromatic carbocycles. The molecule has 0 aromatic heterocycles. The van der Waals surface area contributed by atoms with Gasteiger partial charge in [0, 0.05) is 0 Å². The number of hydrogen-bond donors (Lipinski definition) is 2. The van der Waals surface area contributed by atoms with E-state index in [1.165, 1.54) is 6.42 Å². The maximum Gasteiger partial charge on any atom is 0.310 e. The van der Waals surface area contributed by atoms with Gasteiger partial charge in [-0.2, -0.15) is 0 Å². The predicted octanol–water partition coefficient (Wildman–Crippen LogP) is 4.62. The molecular formula is C22H24O3. The first-order valence-electron chi connectivity index (χ1n) is 8.81. The summed E-state index contributed by atoms with van der Waals surface area (Å²) in [5.74, 6) is 0.581. The van der Waals surface area contributed by atoms with Crippen molar-refractivity contribution in [2.45, 2.75) is 38.6 Å². The van der Waals surface area contributed by atoms with Gasteiger partial charge in [0.2, 0.25) is 0 Å². The van der Waals surface area contributed by atoms with E-state index in [4.69, 9.17) is 4.74 Å². The van der Waals surface area contributed by atoms with Crippen LogP contribution in [0.15, 0.2) is 78.1 Å². The van der Waals surface area contributed by atoms with Crippen molar-refractivity contribution in [1.82, 2.24) is 0 Å². The zero-order chi connectivity index (χ0) is 17.5. The maximum atomic E-state index is 9.38. The third kappa shape index (κ3) is 4.81. The molecule has 2 aromatic rings. The van der Waals surface area contributed by atoms with Crippen LogP contribution in [-0.4, -0.2) is 16.7 Å². The lowest BCUT2D eigenvalue weighted by atomic mass is 9.91. The van der Waals surface area contributed by atoms with Crippen LogP contribution in [-0.2, 0) is 4.74 Å². The summed E-state index contributed by atoms with van der Waals surface area (Å²) in [5.41, 5.74) is 4.30. The zero-order valence-corrected chi connectivity index (χ0v) is 14.3. The topological polar surface area (TPSA) is 49.7 Å². The number of rotatable bonds is 5. The van der Waals surface area contributed by atoms with Gasteiger partial charge < -0.3 is 14.9 Å². The highest BCUT2D eigenvalue weighted by Gasteiger charge is 2.15. The van der Waals surface area contributed by atoms with E-state index in [0.717, 1.165) is 48.0 Å². The molecule has 3 nitrogen and oxygen atoms in total. The van der Waals surface area contributed by atoms with Gasteiger partial charge in [0.15, 0.2) is 0 Å². The summed E-state index contributed by atoms with van der Waals surface area (Å²) >= 11 is 0. The summed E-state index contributed by atoms with van der Waals surface area (Å²) in [6, 6.07) is 20.2. The van der Waals surface area contributed by atoms with Crippen molar-refractivity contribution in [3.63, 3.8) is 0 Å². The number of allylic oxidation sites excluding steroid dienone is 2. The van der Waals surface area contributed by atoms with Crippen molar-refractivity contribution in [1.29, 1.82) is 0 Å². The lowest BCUT2D eigenvalue weighted by molar-refractivity contribution is -0.210. The first kappa shape index (κ1) is 17.5. The summed E-state index contributed by atoms with van der Waals surface area (Å²) in [6.07, 6.45) is 7.27. The van der Waals surface area contributed by atoms with E-state index in [2.05, 4.69) is 24.3 Å². The summed E-state index contributed by atoms with van der Waals surface area (Å²) in [5, 5.41) is 18.8. The molecule has 1 aliphatic rings. The van der Waals surface area contributed by atoms with E-state index in [1.807, 2.05) is 42.5 Å². The number of aliphatic hydroxyl groups is 2. The van der Waals surface area contributed by atoms with Crippen molar-refractivity contribution in [3.05, 3.63) is 89.2 Å². The quantitative estimate of drug-likeness (QED) is 0.619. The molecule has 3 heteroatoms. The minimum absolute atomic E-state index is 0.581. The Hall–Kier alpha value is -2.36. The van der Waals surface area contributed by atoms with Crippen LogP contribution in [0.2, 0.25) is 0 Å². The molecule has 2 N–H and O–H groups in total. The Morgan fingerprint density at radius 1 is 0.800 bits per heavy atom. The van der Waals surface area contributed by atoms with Gasteiger partial charge in [-0.25, -0.2) is 0 Å². The van der Waals surface area contributed by atoms with Gasteiger partial charge in [0.05, 0.1) is 0 Å². The smallest absolute Gasteiger partial charge is 0.310 e. The molecule has 0 amide bonds. The fraction of sp³-hybridized carbons (Fsp3) is 0.273. The summed E-state index contributed by atoms with van der Waals surface area (Å²) < 4.78 is 5.38. The second kappa shape index (κ2) is 8.65. The summed E-state index contributed by atoms with van der Waals surface area (Å²) in [6.45, 7) is -1.81. The molecule has 1 aliphatic carbocycles. The lowest BCUT2D eigenvalue weighted by Crippen LogP contribution is -2.12. The van der Waals surface area contributed by atoms with Gasteiger partial charge in [-0.1, -0.05) is 67.1 Å². The van der Waals surface area contributed by atoms with Crippen LogP contribution in [0.1, 0.15) is 43.2 Å².